The fourth-order valence-corrected chi connectivity index (χ4v) is 1.57. The molecule has 6 nitrogen and oxygen atoms in total. The van der Waals surface area contributed by atoms with Gasteiger partial charge in [-0.3, -0.25) is 0 Å². The van der Waals surface area contributed by atoms with Crippen LogP contribution in [0.5, 0.6) is 0 Å². The molecule has 0 saturated carbocycles. The molecule has 0 amide bonds. The maximum atomic E-state index is 10.5. The number of hydrogen-bond acceptors (Lipinski definition) is 5. The summed E-state index contributed by atoms with van der Waals surface area (Å²) in [5, 5.41) is 15.5. The van der Waals surface area contributed by atoms with Gasteiger partial charge in [-0.1, -0.05) is 5.16 Å². The third-order valence-electron chi connectivity index (χ3n) is 2.33. The van der Waals surface area contributed by atoms with Crippen LogP contribution in [-0.2, 0) is 0 Å². The molecule has 1 aliphatic rings. The molecule has 2 rings (SSSR count). The van der Waals surface area contributed by atoms with E-state index in [9.17, 15) is 4.79 Å². The Bertz CT molecular complexity index is 330. The van der Waals surface area contributed by atoms with E-state index in [1.165, 1.54) is 0 Å². The van der Waals surface area contributed by atoms with Gasteiger partial charge in [0.15, 0.2) is 5.82 Å². The highest BCUT2D eigenvalue weighted by molar-refractivity contribution is 5.81. The molecular weight excluding hydrogens is 186 g/mol. The Morgan fingerprint density at radius 2 is 2.21 bits per heavy atom. The van der Waals surface area contributed by atoms with Gasteiger partial charge in [0, 0.05) is 5.92 Å². The van der Waals surface area contributed by atoms with Crippen LogP contribution in [0.4, 0.5) is 0 Å². The Morgan fingerprint density at radius 3 is 2.79 bits per heavy atom. The molecule has 1 saturated heterocycles. The first-order chi connectivity index (χ1) is 6.77. The summed E-state index contributed by atoms with van der Waals surface area (Å²) in [7, 11) is 0. The van der Waals surface area contributed by atoms with E-state index in [0.717, 1.165) is 25.9 Å². The molecule has 0 unspecified atom stereocenters. The fraction of sp³-hybridized carbons (Fsp3) is 0.625. The van der Waals surface area contributed by atoms with Gasteiger partial charge < -0.3 is 14.9 Å². The van der Waals surface area contributed by atoms with Crippen molar-refractivity contribution >= 4 is 5.97 Å². The van der Waals surface area contributed by atoms with Gasteiger partial charge in [0.25, 0.3) is 0 Å². The number of carbonyl (C=O) groups is 1. The van der Waals surface area contributed by atoms with Crippen molar-refractivity contribution < 1.29 is 14.4 Å². The molecule has 1 aromatic rings. The first-order valence-corrected chi connectivity index (χ1v) is 4.55. The van der Waals surface area contributed by atoms with Crippen molar-refractivity contribution in [3.05, 3.63) is 11.7 Å². The summed E-state index contributed by atoms with van der Waals surface area (Å²) in [6.45, 7) is 1.84. The van der Waals surface area contributed by atoms with Crippen molar-refractivity contribution in [2.75, 3.05) is 13.1 Å². The minimum atomic E-state index is -1.17. The van der Waals surface area contributed by atoms with Crippen molar-refractivity contribution in [3.8, 4) is 0 Å². The average Bonchev–Trinajstić information content (AvgIpc) is 2.68. The highest BCUT2D eigenvalue weighted by atomic mass is 16.5. The van der Waals surface area contributed by atoms with Crippen LogP contribution >= 0.6 is 0 Å². The zero-order valence-corrected chi connectivity index (χ0v) is 7.56. The number of aromatic carboxylic acids is 1. The highest BCUT2D eigenvalue weighted by Gasteiger charge is 2.22. The predicted octanol–water partition coefficient (Wildman–Crippen LogP) is 0.235. The Labute approximate surface area is 80.3 Å². The molecule has 0 spiro atoms. The molecule has 1 aromatic heterocycles. The smallest absolute Gasteiger partial charge is 0.394 e. The normalized spacial score (nSPS) is 18.3. The predicted molar refractivity (Wildman–Crippen MR) is 46.1 cm³/mol. The third-order valence-corrected chi connectivity index (χ3v) is 2.33. The molecule has 14 heavy (non-hydrogen) atoms. The molecule has 0 aromatic carbocycles. The quantitative estimate of drug-likeness (QED) is 0.705. The number of hydrogen-bond donors (Lipinski definition) is 2. The second kappa shape index (κ2) is 3.75. The van der Waals surface area contributed by atoms with Gasteiger partial charge in [0.05, 0.1) is 0 Å². The van der Waals surface area contributed by atoms with E-state index in [-0.39, 0.29) is 11.8 Å². The molecule has 2 heterocycles. The van der Waals surface area contributed by atoms with Crippen LogP contribution < -0.4 is 5.32 Å². The molecule has 0 radical (unpaired) electrons. The van der Waals surface area contributed by atoms with Crippen LogP contribution in [0.25, 0.3) is 0 Å². The maximum absolute atomic E-state index is 10.5. The van der Waals surface area contributed by atoms with E-state index in [1.807, 2.05) is 0 Å². The van der Waals surface area contributed by atoms with E-state index < -0.39 is 5.97 Å². The van der Waals surface area contributed by atoms with Crippen LogP contribution in [-0.4, -0.2) is 34.3 Å². The summed E-state index contributed by atoms with van der Waals surface area (Å²) >= 11 is 0. The van der Waals surface area contributed by atoms with Crippen molar-refractivity contribution in [1.29, 1.82) is 0 Å². The molecule has 1 fully saturated rings. The number of piperidine rings is 1. The van der Waals surface area contributed by atoms with Gasteiger partial charge in [-0.05, 0) is 25.9 Å². The zero-order chi connectivity index (χ0) is 9.97. The van der Waals surface area contributed by atoms with Gasteiger partial charge >= 0.3 is 11.9 Å². The molecular formula is C8H11N3O3. The average molecular weight is 197 g/mol. The Hall–Kier alpha value is -1.43. The largest absolute Gasteiger partial charge is 0.474 e. The summed E-state index contributed by atoms with van der Waals surface area (Å²) < 4.78 is 4.60. The molecule has 76 valence electrons. The number of aromatic nitrogens is 2. The number of nitrogens with one attached hydrogen (secondary N) is 1. The second-order valence-corrected chi connectivity index (χ2v) is 3.29. The van der Waals surface area contributed by atoms with Crippen LogP contribution in [0.1, 0.15) is 35.3 Å². The van der Waals surface area contributed by atoms with Crippen molar-refractivity contribution in [1.82, 2.24) is 15.5 Å². The monoisotopic (exact) mass is 197 g/mol. The molecule has 1 aliphatic heterocycles. The van der Waals surface area contributed by atoms with Gasteiger partial charge in [-0.25, -0.2) is 4.79 Å². The van der Waals surface area contributed by atoms with Crippen molar-refractivity contribution in [3.63, 3.8) is 0 Å². The van der Waals surface area contributed by atoms with Crippen molar-refractivity contribution in [2.45, 2.75) is 18.8 Å². The van der Waals surface area contributed by atoms with Crippen LogP contribution in [0, 0.1) is 0 Å². The minimum absolute atomic E-state index is 0.230. The zero-order valence-electron chi connectivity index (χ0n) is 7.56. The summed E-state index contributed by atoms with van der Waals surface area (Å²) in [5.41, 5.74) is 0. The van der Waals surface area contributed by atoms with Crippen molar-refractivity contribution in [2.24, 2.45) is 0 Å². The van der Waals surface area contributed by atoms with Crippen LogP contribution in [0.15, 0.2) is 4.52 Å². The number of carboxylic acid groups (broad SMARTS) is 1. The number of rotatable bonds is 2. The third kappa shape index (κ3) is 1.74. The van der Waals surface area contributed by atoms with E-state index >= 15 is 0 Å². The minimum Gasteiger partial charge on any atom is -0.474 e. The Morgan fingerprint density at radius 1 is 1.50 bits per heavy atom. The van der Waals surface area contributed by atoms with Gasteiger partial charge in [0.1, 0.15) is 0 Å². The molecule has 0 bridgehead atoms. The Kier molecular flexibility index (Phi) is 2.45. The first kappa shape index (κ1) is 9.14. The standard InChI is InChI=1S/C8H11N3O3/c12-8(13)7-10-6(11-14-7)5-1-3-9-4-2-5/h5,9H,1-4H2,(H,12,13). The lowest BCUT2D eigenvalue weighted by molar-refractivity contribution is 0.0643. The van der Waals surface area contributed by atoms with Gasteiger partial charge in [-0.2, -0.15) is 4.98 Å². The van der Waals surface area contributed by atoms with Gasteiger partial charge in [0.2, 0.25) is 0 Å². The molecule has 0 atom stereocenters. The van der Waals surface area contributed by atoms with E-state index in [1.54, 1.807) is 0 Å². The van der Waals surface area contributed by atoms with E-state index in [2.05, 4.69) is 20.0 Å². The van der Waals surface area contributed by atoms with E-state index in [0.29, 0.717) is 5.82 Å². The number of nitrogens with zero attached hydrogens (tertiary/aromatic N) is 2. The topological polar surface area (TPSA) is 88.2 Å². The summed E-state index contributed by atoms with van der Waals surface area (Å²) in [6.07, 6.45) is 1.86. The summed E-state index contributed by atoms with van der Waals surface area (Å²) in [6, 6.07) is 0. The van der Waals surface area contributed by atoms with Crippen LogP contribution in [0.2, 0.25) is 0 Å². The Balaban J connectivity index is 2.11. The summed E-state index contributed by atoms with van der Waals surface area (Å²) in [4.78, 5) is 14.3. The SMILES string of the molecule is O=C(O)c1nc(C2CCNCC2)no1. The first-order valence-electron chi connectivity index (χ1n) is 4.55. The number of carboxylic acids is 1. The molecule has 2 N–H and O–H groups in total. The lowest BCUT2D eigenvalue weighted by atomic mass is 9.98. The lowest BCUT2D eigenvalue weighted by Gasteiger charge is -2.18. The lowest BCUT2D eigenvalue weighted by Crippen LogP contribution is -2.27. The molecule has 6 heteroatoms. The molecule has 0 aliphatic carbocycles. The van der Waals surface area contributed by atoms with E-state index in [4.69, 9.17) is 5.11 Å². The highest BCUT2D eigenvalue weighted by Crippen LogP contribution is 2.22. The maximum Gasteiger partial charge on any atom is 0.394 e. The van der Waals surface area contributed by atoms with Crippen LogP contribution in [0.3, 0.4) is 0 Å². The second-order valence-electron chi connectivity index (χ2n) is 3.29. The van der Waals surface area contributed by atoms with Gasteiger partial charge in [-0.15, -0.1) is 0 Å². The fourth-order valence-electron chi connectivity index (χ4n) is 1.57. The summed E-state index contributed by atoms with van der Waals surface area (Å²) in [5.74, 6) is -0.742.